The van der Waals surface area contributed by atoms with Gasteiger partial charge in [0.05, 0.1) is 11.7 Å². The molecule has 1 aromatic heterocycles. The van der Waals surface area contributed by atoms with E-state index in [1.54, 1.807) is 6.20 Å². The summed E-state index contributed by atoms with van der Waals surface area (Å²) in [6, 6.07) is 16.0. The van der Waals surface area contributed by atoms with Crippen molar-refractivity contribution < 1.29 is 4.74 Å². The fourth-order valence-electron chi connectivity index (χ4n) is 2.12. The summed E-state index contributed by atoms with van der Waals surface area (Å²) in [5.41, 5.74) is 8.77. The Bertz CT molecular complexity index is 753. The topological polar surface area (TPSA) is 48.1 Å². The van der Waals surface area contributed by atoms with Crippen molar-refractivity contribution in [3.63, 3.8) is 0 Å². The molecule has 0 atom stereocenters. The summed E-state index contributed by atoms with van der Waals surface area (Å²) in [5, 5.41) is 1.07. The third-order valence-corrected chi connectivity index (χ3v) is 3.28. The lowest BCUT2D eigenvalue weighted by Crippen LogP contribution is -1.97. The van der Waals surface area contributed by atoms with Crippen LogP contribution < -0.4 is 10.5 Å². The van der Waals surface area contributed by atoms with Crippen LogP contribution in [0.4, 0.5) is 0 Å². The molecule has 3 heteroatoms. The van der Waals surface area contributed by atoms with Gasteiger partial charge < -0.3 is 10.5 Å². The Hall–Kier alpha value is -2.39. The van der Waals surface area contributed by atoms with Gasteiger partial charge in [-0.25, -0.2) is 0 Å². The van der Waals surface area contributed by atoms with Crippen LogP contribution in [0.15, 0.2) is 54.7 Å². The van der Waals surface area contributed by atoms with Gasteiger partial charge in [-0.05, 0) is 36.2 Å². The van der Waals surface area contributed by atoms with Crippen molar-refractivity contribution in [3.05, 3.63) is 65.9 Å². The van der Waals surface area contributed by atoms with Gasteiger partial charge in [-0.1, -0.05) is 30.3 Å². The first-order valence-electron chi connectivity index (χ1n) is 6.58. The van der Waals surface area contributed by atoms with E-state index in [1.165, 1.54) is 0 Å². The van der Waals surface area contributed by atoms with Crippen LogP contribution >= 0.6 is 0 Å². The number of aromatic nitrogens is 1. The smallest absolute Gasteiger partial charge is 0.146 e. The number of hydrogen-bond donors (Lipinski definition) is 1. The van der Waals surface area contributed by atoms with Gasteiger partial charge >= 0.3 is 0 Å². The maximum Gasteiger partial charge on any atom is 0.146 e. The van der Waals surface area contributed by atoms with Gasteiger partial charge in [0.2, 0.25) is 0 Å². The normalized spacial score (nSPS) is 10.7. The average molecular weight is 264 g/mol. The number of benzene rings is 2. The number of ether oxygens (including phenoxy) is 1. The van der Waals surface area contributed by atoms with E-state index in [9.17, 15) is 0 Å². The van der Waals surface area contributed by atoms with Crippen LogP contribution in [0.3, 0.4) is 0 Å². The van der Waals surface area contributed by atoms with Crippen LogP contribution in [0.1, 0.15) is 11.1 Å². The number of pyridine rings is 1. The summed E-state index contributed by atoms with van der Waals surface area (Å²) >= 11 is 0. The molecule has 0 aliphatic carbocycles. The number of rotatable bonds is 3. The van der Waals surface area contributed by atoms with E-state index in [4.69, 9.17) is 10.5 Å². The molecule has 1 heterocycles. The molecule has 0 bridgehead atoms. The number of nitrogens with zero attached hydrogens (tertiary/aromatic N) is 1. The molecule has 0 spiro atoms. The Kier molecular flexibility index (Phi) is 3.35. The molecule has 0 saturated carbocycles. The summed E-state index contributed by atoms with van der Waals surface area (Å²) in [6.07, 6.45) is 1.75. The van der Waals surface area contributed by atoms with Crippen LogP contribution in [-0.4, -0.2) is 4.98 Å². The molecule has 0 aliphatic rings. The molecule has 100 valence electrons. The molecule has 0 radical (unpaired) electrons. The number of fused-ring (bicyclic) bond motifs is 1. The van der Waals surface area contributed by atoms with Crippen molar-refractivity contribution in [3.8, 4) is 11.5 Å². The predicted octanol–water partition coefficient (Wildman–Crippen LogP) is 3.79. The minimum atomic E-state index is 0.507. The van der Waals surface area contributed by atoms with Gasteiger partial charge in [-0.2, -0.15) is 0 Å². The van der Waals surface area contributed by atoms with Crippen LogP contribution in [0, 0.1) is 6.92 Å². The van der Waals surface area contributed by atoms with Crippen LogP contribution in [0.25, 0.3) is 10.9 Å². The molecular weight excluding hydrogens is 248 g/mol. The second-order valence-corrected chi connectivity index (χ2v) is 4.77. The van der Waals surface area contributed by atoms with Gasteiger partial charge in [0, 0.05) is 11.9 Å². The van der Waals surface area contributed by atoms with Crippen molar-refractivity contribution >= 4 is 10.9 Å². The zero-order valence-corrected chi connectivity index (χ0v) is 11.3. The van der Waals surface area contributed by atoms with Crippen LogP contribution in [0.5, 0.6) is 11.5 Å². The minimum Gasteiger partial charge on any atom is -0.455 e. The number of nitrogens with two attached hydrogens (primary N) is 1. The van der Waals surface area contributed by atoms with E-state index in [1.807, 2.05) is 55.5 Å². The molecule has 3 rings (SSSR count). The van der Waals surface area contributed by atoms with E-state index in [2.05, 4.69) is 4.98 Å². The van der Waals surface area contributed by atoms with E-state index < -0.39 is 0 Å². The van der Waals surface area contributed by atoms with Crippen molar-refractivity contribution in [1.29, 1.82) is 0 Å². The number of hydrogen-bond acceptors (Lipinski definition) is 3. The monoisotopic (exact) mass is 264 g/mol. The van der Waals surface area contributed by atoms with Gasteiger partial charge in [-0.3, -0.25) is 4.98 Å². The first-order chi connectivity index (χ1) is 9.76. The van der Waals surface area contributed by atoms with Crippen LogP contribution in [-0.2, 0) is 6.54 Å². The molecule has 0 saturated heterocycles. The van der Waals surface area contributed by atoms with Gasteiger partial charge in [0.1, 0.15) is 11.5 Å². The SMILES string of the molecule is Cc1ccc(CN)cc1Oc1cnc2ccccc2c1. The van der Waals surface area contributed by atoms with E-state index in [0.717, 1.165) is 33.5 Å². The molecule has 0 fully saturated rings. The molecule has 0 unspecified atom stereocenters. The quantitative estimate of drug-likeness (QED) is 0.782. The molecule has 20 heavy (non-hydrogen) atoms. The first kappa shape index (κ1) is 12.6. The maximum absolute atomic E-state index is 5.94. The molecule has 0 amide bonds. The zero-order valence-electron chi connectivity index (χ0n) is 11.3. The molecule has 3 nitrogen and oxygen atoms in total. The van der Waals surface area contributed by atoms with Crippen molar-refractivity contribution in [2.45, 2.75) is 13.5 Å². The summed E-state index contributed by atoms with van der Waals surface area (Å²) in [7, 11) is 0. The Labute approximate surface area is 118 Å². The van der Waals surface area contributed by atoms with E-state index >= 15 is 0 Å². The Morgan fingerprint density at radius 3 is 2.80 bits per heavy atom. The number of para-hydroxylation sites is 1. The summed E-state index contributed by atoms with van der Waals surface area (Å²) in [6.45, 7) is 2.52. The highest BCUT2D eigenvalue weighted by molar-refractivity contribution is 5.79. The van der Waals surface area contributed by atoms with Crippen LogP contribution in [0.2, 0.25) is 0 Å². The first-order valence-corrected chi connectivity index (χ1v) is 6.58. The maximum atomic E-state index is 5.94. The fraction of sp³-hybridized carbons (Fsp3) is 0.118. The second-order valence-electron chi connectivity index (χ2n) is 4.77. The average Bonchev–Trinajstić information content (AvgIpc) is 2.49. The molecule has 3 aromatic rings. The Morgan fingerprint density at radius 1 is 1.10 bits per heavy atom. The van der Waals surface area contributed by atoms with Crippen molar-refractivity contribution in [2.75, 3.05) is 0 Å². The zero-order chi connectivity index (χ0) is 13.9. The van der Waals surface area contributed by atoms with E-state index in [0.29, 0.717) is 6.54 Å². The molecule has 2 N–H and O–H groups in total. The Balaban J connectivity index is 1.96. The fourth-order valence-corrected chi connectivity index (χ4v) is 2.12. The highest BCUT2D eigenvalue weighted by Crippen LogP contribution is 2.27. The standard InChI is InChI=1S/C17H16N2O/c1-12-6-7-13(10-18)8-17(12)20-15-9-14-4-2-3-5-16(14)19-11-15/h2-9,11H,10,18H2,1H3. The highest BCUT2D eigenvalue weighted by Gasteiger charge is 2.04. The predicted molar refractivity (Wildman–Crippen MR) is 80.9 cm³/mol. The van der Waals surface area contributed by atoms with Gasteiger partial charge in [-0.15, -0.1) is 0 Å². The van der Waals surface area contributed by atoms with Gasteiger partial charge in [0.15, 0.2) is 0 Å². The molecule has 2 aromatic carbocycles. The van der Waals surface area contributed by atoms with Gasteiger partial charge in [0.25, 0.3) is 0 Å². The summed E-state index contributed by atoms with van der Waals surface area (Å²) < 4.78 is 5.94. The lowest BCUT2D eigenvalue weighted by atomic mass is 10.1. The number of aryl methyl sites for hydroxylation is 1. The third kappa shape index (κ3) is 2.49. The van der Waals surface area contributed by atoms with Crippen molar-refractivity contribution in [2.24, 2.45) is 5.73 Å². The molecule has 0 aliphatic heterocycles. The minimum absolute atomic E-state index is 0.507. The lowest BCUT2D eigenvalue weighted by Gasteiger charge is -2.10. The van der Waals surface area contributed by atoms with E-state index in [-0.39, 0.29) is 0 Å². The largest absolute Gasteiger partial charge is 0.455 e. The lowest BCUT2D eigenvalue weighted by molar-refractivity contribution is 0.477. The second kappa shape index (κ2) is 5.31. The Morgan fingerprint density at radius 2 is 1.95 bits per heavy atom. The summed E-state index contributed by atoms with van der Waals surface area (Å²) in [5.74, 6) is 1.56. The summed E-state index contributed by atoms with van der Waals surface area (Å²) in [4.78, 5) is 4.40. The third-order valence-electron chi connectivity index (χ3n) is 3.28. The molecular formula is C17H16N2O. The highest BCUT2D eigenvalue weighted by atomic mass is 16.5. The van der Waals surface area contributed by atoms with Crippen molar-refractivity contribution in [1.82, 2.24) is 4.98 Å².